The standard InChI is InChI=1S/C17H18O3/c1-11(2)20-16-7-5-4-6-15(16)13-8-12(3)9-14(10-13)17(18)19/h4-11H,1-3H3,(H,18,19). The monoisotopic (exact) mass is 270 g/mol. The van der Waals surface area contributed by atoms with Crippen LogP contribution in [0.4, 0.5) is 0 Å². The fourth-order valence-corrected chi connectivity index (χ4v) is 2.12. The highest BCUT2D eigenvalue weighted by molar-refractivity contribution is 5.90. The third-order valence-electron chi connectivity index (χ3n) is 2.89. The first-order chi connectivity index (χ1) is 9.47. The molecule has 0 aromatic heterocycles. The van der Waals surface area contributed by atoms with Gasteiger partial charge in [0.15, 0.2) is 0 Å². The zero-order valence-corrected chi connectivity index (χ0v) is 11.9. The van der Waals surface area contributed by atoms with Gasteiger partial charge >= 0.3 is 5.97 Å². The van der Waals surface area contributed by atoms with Crippen LogP contribution < -0.4 is 4.74 Å². The molecule has 20 heavy (non-hydrogen) atoms. The van der Waals surface area contributed by atoms with Crippen molar-refractivity contribution in [3.05, 3.63) is 53.6 Å². The summed E-state index contributed by atoms with van der Waals surface area (Å²) in [6.07, 6.45) is 0.0694. The minimum absolute atomic E-state index is 0.0694. The van der Waals surface area contributed by atoms with Gasteiger partial charge in [-0.25, -0.2) is 4.79 Å². The number of aryl methyl sites for hydroxylation is 1. The predicted molar refractivity (Wildman–Crippen MR) is 79.3 cm³/mol. The normalized spacial score (nSPS) is 10.6. The number of carbonyl (C=O) groups is 1. The highest BCUT2D eigenvalue weighted by atomic mass is 16.5. The molecule has 0 radical (unpaired) electrons. The van der Waals surface area contributed by atoms with Crippen molar-refractivity contribution in [3.8, 4) is 16.9 Å². The van der Waals surface area contributed by atoms with Crippen molar-refractivity contribution in [1.82, 2.24) is 0 Å². The fourth-order valence-electron chi connectivity index (χ4n) is 2.12. The van der Waals surface area contributed by atoms with E-state index in [9.17, 15) is 4.79 Å². The molecule has 0 spiro atoms. The van der Waals surface area contributed by atoms with E-state index in [1.54, 1.807) is 12.1 Å². The molecule has 2 aromatic rings. The van der Waals surface area contributed by atoms with Crippen LogP contribution in [0.2, 0.25) is 0 Å². The van der Waals surface area contributed by atoms with E-state index < -0.39 is 5.97 Å². The summed E-state index contributed by atoms with van der Waals surface area (Å²) in [6, 6.07) is 13.0. The van der Waals surface area contributed by atoms with Crippen LogP contribution in [0.1, 0.15) is 29.8 Å². The molecule has 0 amide bonds. The third-order valence-corrected chi connectivity index (χ3v) is 2.89. The largest absolute Gasteiger partial charge is 0.490 e. The Morgan fingerprint density at radius 3 is 2.50 bits per heavy atom. The van der Waals surface area contributed by atoms with Crippen molar-refractivity contribution in [2.24, 2.45) is 0 Å². The van der Waals surface area contributed by atoms with Gasteiger partial charge in [-0.3, -0.25) is 0 Å². The summed E-state index contributed by atoms with van der Waals surface area (Å²) in [7, 11) is 0. The Morgan fingerprint density at radius 2 is 1.85 bits per heavy atom. The number of benzene rings is 2. The van der Waals surface area contributed by atoms with E-state index in [4.69, 9.17) is 9.84 Å². The van der Waals surface area contributed by atoms with E-state index in [0.29, 0.717) is 5.56 Å². The summed E-state index contributed by atoms with van der Waals surface area (Å²) in [5.74, 6) is -0.151. The summed E-state index contributed by atoms with van der Waals surface area (Å²) in [5.41, 5.74) is 2.98. The van der Waals surface area contributed by atoms with Crippen LogP contribution >= 0.6 is 0 Å². The van der Waals surface area contributed by atoms with E-state index in [0.717, 1.165) is 22.4 Å². The molecule has 0 heterocycles. The Morgan fingerprint density at radius 1 is 1.15 bits per heavy atom. The maximum Gasteiger partial charge on any atom is 0.335 e. The number of carboxylic acids is 1. The van der Waals surface area contributed by atoms with Gasteiger partial charge in [-0.1, -0.05) is 24.3 Å². The van der Waals surface area contributed by atoms with E-state index in [-0.39, 0.29) is 6.10 Å². The van der Waals surface area contributed by atoms with Crippen LogP contribution in [-0.2, 0) is 0 Å². The van der Waals surface area contributed by atoms with Gasteiger partial charge in [-0.05, 0) is 50.1 Å². The number of rotatable bonds is 4. The highest BCUT2D eigenvalue weighted by Crippen LogP contribution is 2.31. The van der Waals surface area contributed by atoms with Crippen LogP contribution in [-0.4, -0.2) is 17.2 Å². The molecule has 0 aliphatic carbocycles. The molecule has 0 bridgehead atoms. The van der Waals surface area contributed by atoms with Gasteiger partial charge < -0.3 is 9.84 Å². The van der Waals surface area contributed by atoms with E-state index in [1.165, 1.54) is 0 Å². The number of carboxylic acid groups (broad SMARTS) is 1. The van der Waals surface area contributed by atoms with Crippen LogP contribution in [0.5, 0.6) is 5.75 Å². The zero-order chi connectivity index (χ0) is 14.7. The summed E-state index contributed by atoms with van der Waals surface area (Å²) >= 11 is 0. The average Bonchev–Trinajstić information content (AvgIpc) is 2.37. The molecule has 2 aromatic carbocycles. The lowest BCUT2D eigenvalue weighted by Gasteiger charge is -2.15. The molecule has 3 nitrogen and oxygen atoms in total. The van der Waals surface area contributed by atoms with Crippen LogP contribution in [0.25, 0.3) is 11.1 Å². The lowest BCUT2D eigenvalue weighted by atomic mass is 9.99. The molecule has 0 saturated carbocycles. The molecular weight excluding hydrogens is 252 g/mol. The number of hydrogen-bond donors (Lipinski definition) is 1. The molecule has 0 fully saturated rings. The van der Waals surface area contributed by atoms with Gasteiger partial charge in [0, 0.05) is 5.56 Å². The zero-order valence-electron chi connectivity index (χ0n) is 11.9. The second-order valence-electron chi connectivity index (χ2n) is 5.06. The van der Waals surface area contributed by atoms with Crippen molar-refractivity contribution in [2.45, 2.75) is 26.9 Å². The molecule has 2 rings (SSSR count). The Hall–Kier alpha value is -2.29. The summed E-state index contributed by atoms with van der Waals surface area (Å²) in [4.78, 5) is 11.2. The maximum absolute atomic E-state index is 11.2. The lowest BCUT2D eigenvalue weighted by Crippen LogP contribution is -2.06. The van der Waals surface area contributed by atoms with Crippen molar-refractivity contribution in [2.75, 3.05) is 0 Å². The molecule has 3 heteroatoms. The van der Waals surface area contributed by atoms with E-state index in [2.05, 4.69) is 0 Å². The molecule has 0 unspecified atom stereocenters. The number of aromatic carboxylic acids is 1. The van der Waals surface area contributed by atoms with Gasteiger partial charge in [0.1, 0.15) is 5.75 Å². The van der Waals surface area contributed by atoms with Crippen molar-refractivity contribution >= 4 is 5.97 Å². The minimum atomic E-state index is -0.919. The van der Waals surface area contributed by atoms with Crippen LogP contribution in [0.15, 0.2) is 42.5 Å². The molecular formula is C17H18O3. The first-order valence-corrected chi connectivity index (χ1v) is 6.58. The van der Waals surface area contributed by atoms with Gasteiger partial charge in [0.2, 0.25) is 0 Å². The molecule has 0 aliphatic heterocycles. The molecule has 0 atom stereocenters. The van der Waals surface area contributed by atoms with Crippen LogP contribution in [0.3, 0.4) is 0 Å². The number of hydrogen-bond acceptors (Lipinski definition) is 2. The molecule has 0 saturated heterocycles. The van der Waals surface area contributed by atoms with Gasteiger partial charge in [-0.2, -0.15) is 0 Å². The molecule has 104 valence electrons. The first-order valence-electron chi connectivity index (χ1n) is 6.58. The van der Waals surface area contributed by atoms with Crippen molar-refractivity contribution in [3.63, 3.8) is 0 Å². The van der Waals surface area contributed by atoms with Gasteiger partial charge in [0.05, 0.1) is 11.7 Å². The highest BCUT2D eigenvalue weighted by Gasteiger charge is 2.11. The molecule has 0 aliphatic rings. The number of para-hydroxylation sites is 1. The summed E-state index contributed by atoms with van der Waals surface area (Å²) < 4.78 is 5.79. The number of ether oxygens (including phenoxy) is 1. The van der Waals surface area contributed by atoms with Gasteiger partial charge in [0.25, 0.3) is 0 Å². The first kappa shape index (κ1) is 14.1. The predicted octanol–water partition coefficient (Wildman–Crippen LogP) is 4.15. The van der Waals surface area contributed by atoms with Crippen molar-refractivity contribution in [1.29, 1.82) is 0 Å². The minimum Gasteiger partial charge on any atom is -0.490 e. The average molecular weight is 270 g/mol. The fraction of sp³-hybridized carbons (Fsp3) is 0.235. The third kappa shape index (κ3) is 3.18. The topological polar surface area (TPSA) is 46.5 Å². The van der Waals surface area contributed by atoms with Crippen molar-refractivity contribution < 1.29 is 14.6 Å². The smallest absolute Gasteiger partial charge is 0.335 e. The Balaban J connectivity index is 2.53. The SMILES string of the molecule is Cc1cc(C(=O)O)cc(-c2ccccc2OC(C)C)c1. The van der Waals surface area contributed by atoms with E-state index in [1.807, 2.05) is 51.1 Å². The van der Waals surface area contributed by atoms with Crippen LogP contribution in [0, 0.1) is 6.92 Å². The Kier molecular flexibility index (Phi) is 4.08. The van der Waals surface area contributed by atoms with Gasteiger partial charge in [-0.15, -0.1) is 0 Å². The molecule has 1 N–H and O–H groups in total. The second kappa shape index (κ2) is 5.78. The lowest BCUT2D eigenvalue weighted by molar-refractivity contribution is 0.0697. The Labute approximate surface area is 118 Å². The maximum atomic E-state index is 11.2. The Bertz CT molecular complexity index is 630. The van der Waals surface area contributed by atoms with E-state index >= 15 is 0 Å². The quantitative estimate of drug-likeness (QED) is 0.907. The summed E-state index contributed by atoms with van der Waals surface area (Å²) in [5, 5.41) is 9.16. The summed E-state index contributed by atoms with van der Waals surface area (Å²) in [6.45, 7) is 5.83. The second-order valence-corrected chi connectivity index (χ2v) is 5.06.